The fraction of sp³-hybridized carbons (Fsp3) is 0.500. The molecule has 0 heterocycles. The number of rotatable bonds is 11. The summed E-state index contributed by atoms with van der Waals surface area (Å²) in [5, 5.41) is 14.2. The maximum atomic E-state index is 12.4. The number of ether oxygens (including phenoxy) is 1. The monoisotopic (exact) mass is 382 g/mol. The number of carbonyl (C=O) groups excluding carboxylic acids is 2. The van der Waals surface area contributed by atoms with Crippen LogP contribution in [0, 0.1) is 0 Å². The standard InChI is InChI=1S/C18H26N2O5S/c1-3-7-14(16(21)19-15(17(22)23)10-11-26-2)20-18(24)25-12-13-8-5-4-6-9-13/h4-6,8-9,14-15H,3,7,10-12H2,1-2H3,(H,19,21)(H,20,24)(H,22,23)/t14-,15+/m0/s1. The number of carbonyl (C=O) groups is 3. The fourth-order valence-electron chi connectivity index (χ4n) is 2.23. The second-order valence-corrected chi connectivity index (χ2v) is 6.71. The third-order valence-electron chi connectivity index (χ3n) is 3.62. The fourth-order valence-corrected chi connectivity index (χ4v) is 2.70. The molecule has 3 N–H and O–H groups in total. The van der Waals surface area contributed by atoms with Crippen LogP contribution in [0.5, 0.6) is 0 Å². The first-order chi connectivity index (χ1) is 12.5. The Kier molecular flexibility index (Phi) is 10.2. The predicted octanol–water partition coefficient (Wildman–Crippen LogP) is 2.40. The lowest BCUT2D eigenvalue weighted by atomic mass is 10.1. The molecule has 2 amide bonds. The van der Waals surface area contributed by atoms with Crippen molar-refractivity contribution in [2.75, 3.05) is 12.0 Å². The molecular formula is C18H26N2O5S. The molecule has 0 saturated carbocycles. The Morgan fingerprint density at radius 3 is 2.38 bits per heavy atom. The van der Waals surface area contributed by atoms with E-state index in [1.54, 1.807) is 0 Å². The molecule has 144 valence electrons. The van der Waals surface area contributed by atoms with Crippen LogP contribution >= 0.6 is 11.8 Å². The van der Waals surface area contributed by atoms with Gasteiger partial charge in [0.15, 0.2) is 0 Å². The summed E-state index contributed by atoms with van der Waals surface area (Å²) in [5.41, 5.74) is 0.835. The molecule has 0 aliphatic carbocycles. The summed E-state index contributed by atoms with van der Waals surface area (Å²) in [6, 6.07) is 7.38. The molecule has 1 rings (SSSR count). The summed E-state index contributed by atoms with van der Waals surface area (Å²) in [7, 11) is 0. The summed E-state index contributed by atoms with van der Waals surface area (Å²) in [4.78, 5) is 35.6. The lowest BCUT2D eigenvalue weighted by molar-refractivity contribution is -0.142. The molecule has 1 aromatic carbocycles. The van der Waals surface area contributed by atoms with Crippen molar-refractivity contribution in [2.24, 2.45) is 0 Å². The molecular weight excluding hydrogens is 356 g/mol. The van der Waals surface area contributed by atoms with E-state index in [9.17, 15) is 19.5 Å². The Morgan fingerprint density at radius 1 is 1.12 bits per heavy atom. The van der Waals surface area contributed by atoms with Crippen molar-refractivity contribution in [1.29, 1.82) is 0 Å². The predicted molar refractivity (Wildman–Crippen MR) is 101 cm³/mol. The SMILES string of the molecule is CCC[C@H](NC(=O)OCc1ccccc1)C(=O)N[C@H](CCSC)C(=O)O. The van der Waals surface area contributed by atoms with Crippen molar-refractivity contribution in [3.05, 3.63) is 35.9 Å². The van der Waals surface area contributed by atoms with Crippen molar-refractivity contribution >= 4 is 29.7 Å². The van der Waals surface area contributed by atoms with Crippen molar-refractivity contribution in [1.82, 2.24) is 10.6 Å². The number of aliphatic carboxylic acids is 1. The van der Waals surface area contributed by atoms with Gasteiger partial charge in [-0.3, -0.25) is 4.79 Å². The van der Waals surface area contributed by atoms with E-state index in [1.807, 2.05) is 43.5 Å². The van der Waals surface area contributed by atoms with E-state index in [0.29, 0.717) is 25.0 Å². The van der Waals surface area contributed by atoms with Gasteiger partial charge in [-0.1, -0.05) is 43.7 Å². The largest absolute Gasteiger partial charge is 0.480 e. The number of amides is 2. The maximum Gasteiger partial charge on any atom is 0.408 e. The van der Waals surface area contributed by atoms with E-state index >= 15 is 0 Å². The summed E-state index contributed by atoms with van der Waals surface area (Å²) >= 11 is 1.50. The lowest BCUT2D eigenvalue weighted by Gasteiger charge is -2.21. The Hall–Kier alpha value is -2.22. The van der Waals surface area contributed by atoms with E-state index in [-0.39, 0.29) is 6.61 Å². The van der Waals surface area contributed by atoms with Gasteiger partial charge in [0, 0.05) is 0 Å². The molecule has 0 bridgehead atoms. The van der Waals surface area contributed by atoms with E-state index in [4.69, 9.17) is 4.74 Å². The smallest absolute Gasteiger partial charge is 0.408 e. The molecule has 8 heteroatoms. The van der Waals surface area contributed by atoms with Gasteiger partial charge in [-0.25, -0.2) is 9.59 Å². The number of benzene rings is 1. The Morgan fingerprint density at radius 2 is 1.81 bits per heavy atom. The molecule has 26 heavy (non-hydrogen) atoms. The van der Waals surface area contributed by atoms with Gasteiger partial charge in [0.25, 0.3) is 0 Å². The summed E-state index contributed by atoms with van der Waals surface area (Å²) < 4.78 is 5.12. The molecule has 2 atom stereocenters. The van der Waals surface area contributed by atoms with Crippen molar-refractivity contribution in [2.45, 2.75) is 44.9 Å². The van der Waals surface area contributed by atoms with Crippen LogP contribution in [0.25, 0.3) is 0 Å². The number of hydrogen-bond acceptors (Lipinski definition) is 5. The second-order valence-electron chi connectivity index (χ2n) is 5.73. The van der Waals surface area contributed by atoms with E-state index in [0.717, 1.165) is 5.56 Å². The van der Waals surface area contributed by atoms with Crippen LogP contribution in [-0.2, 0) is 20.9 Å². The molecule has 7 nitrogen and oxygen atoms in total. The average molecular weight is 382 g/mol. The second kappa shape index (κ2) is 12.2. The van der Waals surface area contributed by atoms with Gasteiger partial charge in [-0.2, -0.15) is 11.8 Å². The van der Waals surface area contributed by atoms with Crippen LogP contribution in [0.3, 0.4) is 0 Å². The molecule has 0 saturated heterocycles. The number of carboxylic acids is 1. The molecule has 0 aromatic heterocycles. The van der Waals surface area contributed by atoms with Crippen LogP contribution < -0.4 is 10.6 Å². The number of alkyl carbamates (subject to hydrolysis) is 1. The number of carboxylic acid groups (broad SMARTS) is 1. The van der Waals surface area contributed by atoms with Gasteiger partial charge in [0.2, 0.25) is 5.91 Å². The van der Waals surface area contributed by atoms with Gasteiger partial charge in [0.1, 0.15) is 18.7 Å². The molecule has 0 radical (unpaired) electrons. The van der Waals surface area contributed by atoms with Gasteiger partial charge < -0.3 is 20.5 Å². The van der Waals surface area contributed by atoms with Crippen LogP contribution in [0.1, 0.15) is 31.7 Å². The molecule has 0 fully saturated rings. The lowest BCUT2D eigenvalue weighted by Crippen LogP contribution is -2.51. The van der Waals surface area contributed by atoms with Crippen LogP contribution in [-0.4, -0.2) is 47.2 Å². The average Bonchev–Trinajstić information content (AvgIpc) is 2.63. The molecule has 1 aromatic rings. The van der Waals surface area contributed by atoms with E-state index in [2.05, 4.69) is 10.6 Å². The van der Waals surface area contributed by atoms with Gasteiger partial charge in [-0.15, -0.1) is 0 Å². The highest BCUT2D eigenvalue weighted by atomic mass is 32.2. The zero-order valence-corrected chi connectivity index (χ0v) is 15.9. The highest BCUT2D eigenvalue weighted by molar-refractivity contribution is 7.98. The highest BCUT2D eigenvalue weighted by Crippen LogP contribution is 2.05. The maximum absolute atomic E-state index is 12.4. The third kappa shape index (κ3) is 8.24. The first-order valence-corrected chi connectivity index (χ1v) is 9.86. The summed E-state index contributed by atoms with van der Waals surface area (Å²) in [6.45, 7) is 1.97. The van der Waals surface area contributed by atoms with Gasteiger partial charge in [-0.05, 0) is 30.4 Å². The van der Waals surface area contributed by atoms with Gasteiger partial charge >= 0.3 is 12.1 Å². The highest BCUT2D eigenvalue weighted by Gasteiger charge is 2.26. The van der Waals surface area contributed by atoms with Crippen molar-refractivity contribution < 1.29 is 24.2 Å². The van der Waals surface area contributed by atoms with Gasteiger partial charge in [0.05, 0.1) is 0 Å². The minimum atomic E-state index is -1.09. The number of nitrogens with one attached hydrogen (secondary N) is 2. The topological polar surface area (TPSA) is 105 Å². The molecule has 0 unspecified atom stereocenters. The van der Waals surface area contributed by atoms with Crippen LogP contribution in [0.4, 0.5) is 4.79 Å². The molecule has 0 aliphatic rings. The van der Waals surface area contributed by atoms with E-state index < -0.39 is 30.1 Å². The summed E-state index contributed by atoms with van der Waals surface area (Å²) in [5.74, 6) is -0.992. The third-order valence-corrected chi connectivity index (χ3v) is 4.27. The zero-order valence-electron chi connectivity index (χ0n) is 15.1. The zero-order chi connectivity index (χ0) is 19.4. The summed E-state index contributed by atoms with van der Waals surface area (Å²) in [6.07, 6.45) is 2.52. The first kappa shape index (κ1) is 21.8. The molecule has 0 spiro atoms. The normalized spacial score (nSPS) is 12.7. The minimum Gasteiger partial charge on any atom is -0.480 e. The molecule has 0 aliphatic heterocycles. The Bertz CT molecular complexity index is 582. The van der Waals surface area contributed by atoms with Crippen LogP contribution in [0.15, 0.2) is 30.3 Å². The number of hydrogen-bond donors (Lipinski definition) is 3. The van der Waals surface area contributed by atoms with E-state index in [1.165, 1.54) is 11.8 Å². The minimum absolute atomic E-state index is 0.0958. The Balaban J connectivity index is 2.57. The Labute approximate surface area is 157 Å². The van der Waals surface area contributed by atoms with Crippen molar-refractivity contribution in [3.8, 4) is 0 Å². The van der Waals surface area contributed by atoms with Crippen LogP contribution in [0.2, 0.25) is 0 Å². The quantitative estimate of drug-likeness (QED) is 0.543. The first-order valence-electron chi connectivity index (χ1n) is 8.47. The number of thioether (sulfide) groups is 1. The van der Waals surface area contributed by atoms with Crippen molar-refractivity contribution in [3.63, 3.8) is 0 Å².